The fraction of sp³-hybridized carbons (Fsp3) is 0.118. The molecule has 4 nitrogen and oxygen atoms in total. The van der Waals surface area contributed by atoms with E-state index in [1.807, 2.05) is 0 Å². The van der Waals surface area contributed by atoms with Crippen molar-refractivity contribution in [2.45, 2.75) is 16.7 Å². The van der Waals surface area contributed by atoms with Crippen LogP contribution in [-0.2, 0) is 9.84 Å². The maximum atomic E-state index is 13.7. The van der Waals surface area contributed by atoms with Crippen molar-refractivity contribution in [3.05, 3.63) is 60.0 Å². The number of nitrogens with zero attached hydrogens (tertiary/aromatic N) is 1. The highest BCUT2D eigenvalue weighted by Gasteiger charge is 2.23. The highest BCUT2D eigenvalue weighted by molar-refractivity contribution is 7.91. The molecule has 3 aromatic rings. The lowest BCUT2D eigenvalue weighted by Crippen LogP contribution is -2.05. The van der Waals surface area contributed by atoms with Crippen molar-refractivity contribution in [3.8, 4) is 5.75 Å². The standard InChI is InChI=1S/C17H14FNO3S/c1-11-6-7-15(22-2)16(8-11)23(20,21)13-9-12-4-3-5-14(18)17(12)19-10-13/h3-10H,1-2H3. The third-order valence-corrected chi connectivity index (χ3v) is 5.30. The molecule has 0 fully saturated rings. The molecule has 0 saturated carbocycles. The largest absolute Gasteiger partial charge is 0.495 e. The molecule has 0 N–H and O–H groups in total. The van der Waals surface area contributed by atoms with Crippen LogP contribution in [0.2, 0.25) is 0 Å². The van der Waals surface area contributed by atoms with Crippen LogP contribution in [0.4, 0.5) is 4.39 Å². The van der Waals surface area contributed by atoms with Gasteiger partial charge in [-0.15, -0.1) is 0 Å². The maximum absolute atomic E-state index is 13.7. The summed E-state index contributed by atoms with van der Waals surface area (Å²) in [6.45, 7) is 1.80. The first-order valence-electron chi connectivity index (χ1n) is 6.87. The van der Waals surface area contributed by atoms with E-state index >= 15 is 0 Å². The number of rotatable bonds is 3. The van der Waals surface area contributed by atoms with Gasteiger partial charge in [0.1, 0.15) is 22.0 Å². The minimum atomic E-state index is -3.82. The third kappa shape index (κ3) is 2.66. The number of aryl methyl sites for hydroxylation is 1. The van der Waals surface area contributed by atoms with Crippen molar-refractivity contribution in [2.24, 2.45) is 0 Å². The Morgan fingerprint density at radius 3 is 2.65 bits per heavy atom. The first-order valence-corrected chi connectivity index (χ1v) is 8.36. The molecule has 1 aromatic heterocycles. The predicted molar refractivity (Wildman–Crippen MR) is 84.9 cm³/mol. The van der Waals surface area contributed by atoms with Crippen molar-refractivity contribution >= 4 is 20.7 Å². The molecular formula is C17H14FNO3S. The second-order valence-corrected chi connectivity index (χ2v) is 7.06. The number of methoxy groups -OCH3 is 1. The van der Waals surface area contributed by atoms with Crippen LogP contribution >= 0.6 is 0 Å². The lowest BCUT2D eigenvalue weighted by Gasteiger charge is -2.11. The molecule has 0 saturated heterocycles. The number of pyridine rings is 1. The number of hydrogen-bond acceptors (Lipinski definition) is 4. The average Bonchev–Trinajstić information content (AvgIpc) is 2.54. The Morgan fingerprint density at radius 1 is 1.13 bits per heavy atom. The van der Waals surface area contributed by atoms with E-state index in [4.69, 9.17) is 4.74 Å². The molecule has 0 atom stereocenters. The van der Waals surface area contributed by atoms with Crippen molar-refractivity contribution in [3.63, 3.8) is 0 Å². The number of ether oxygens (including phenoxy) is 1. The molecule has 0 radical (unpaired) electrons. The average molecular weight is 331 g/mol. The summed E-state index contributed by atoms with van der Waals surface area (Å²) in [6.07, 6.45) is 1.17. The van der Waals surface area contributed by atoms with E-state index in [0.29, 0.717) is 5.39 Å². The molecule has 2 aromatic carbocycles. The molecule has 0 bridgehead atoms. The molecule has 0 aliphatic rings. The normalized spacial score (nSPS) is 11.6. The van der Waals surface area contributed by atoms with Gasteiger partial charge in [-0.05, 0) is 36.8 Å². The summed E-state index contributed by atoms with van der Waals surface area (Å²) in [7, 11) is -2.40. The van der Waals surface area contributed by atoms with Crippen LogP contribution in [0, 0.1) is 12.7 Å². The topological polar surface area (TPSA) is 56.3 Å². The summed E-state index contributed by atoms with van der Waals surface area (Å²) in [5.41, 5.74) is 0.937. The van der Waals surface area contributed by atoms with Gasteiger partial charge < -0.3 is 4.74 Å². The molecule has 0 spiro atoms. The first kappa shape index (κ1) is 15.4. The number of sulfone groups is 1. The molecule has 23 heavy (non-hydrogen) atoms. The fourth-order valence-electron chi connectivity index (χ4n) is 2.37. The lowest BCUT2D eigenvalue weighted by atomic mass is 10.2. The van der Waals surface area contributed by atoms with E-state index in [2.05, 4.69) is 4.98 Å². The summed E-state index contributed by atoms with van der Waals surface area (Å²) in [5, 5.41) is 0.428. The maximum Gasteiger partial charge on any atom is 0.211 e. The predicted octanol–water partition coefficient (Wildman–Crippen LogP) is 3.52. The third-order valence-electron chi connectivity index (χ3n) is 3.56. The zero-order chi connectivity index (χ0) is 16.6. The molecule has 0 aliphatic carbocycles. The van der Waals surface area contributed by atoms with Gasteiger partial charge in [-0.25, -0.2) is 12.8 Å². The molecular weight excluding hydrogens is 317 g/mol. The van der Waals surface area contributed by atoms with Gasteiger partial charge in [0.05, 0.1) is 12.0 Å². The summed E-state index contributed by atoms with van der Waals surface area (Å²) in [6, 6.07) is 10.8. The first-order chi connectivity index (χ1) is 10.9. The van der Waals surface area contributed by atoms with Gasteiger partial charge in [0, 0.05) is 11.6 Å². The number of halogens is 1. The van der Waals surface area contributed by atoms with Gasteiger partial charge >= 0.3 is 0 Å². The minimum absolute atomic E-state index is 0.000463. The molecule has 0 unspecified atom stereocenters. The SMILES string of the molecule is COc1ccc(C)cc1S(=O)(=O)c1cnc2c(F)cccc2c1. The van der Waals surface area contributed by atoms with E-state index in [-0.39, 0.29) is 21.1 Å². The molecule has 1 heterocycles. The number of hydrogen-bond donors (Lipinski definition) is 0. The smallest absolute Gasteiger partial charge is 0.211 e. The van der Waals surface area contributed by atoms with Crippen molar-refractivity contribution in [1.82, 2.24) is 4.98 Å². The van der Waals surface area contributed by atoms with E-state index in [1.54, 1.807) is 31.2 Å². The van der Waals surface area contributed by atoms with Crippen molar-refractivity contribution < 1.29 is 17.5 Å². The lowest BCUT2D eigenvalue weighted by molar-refractivity contribution is 0.402. The Morgan fingerprint density at radius 2 is 1.91 bits per heavy atom. The van der Waals surface area contributed by atoms with Crippen LogP contribution in [0.25, 0.3) is 10.9 Å². The monoisotopic (exact) mass is 331 g/mol. The second-order valence-electron chi connectivity index (χ2n) is 5.14. The molecule has 6 heteroatoms. The zero-order valence-electron chi connectivity index (χ0n) is 12.6. The molecule has 0 aliphatic heterocycles. The fourth-order valence-corrected chi connectivity index (χ4v) is 3.86. The highest BCUT2D eigenvalue weighted by Crippen LogP contribution is 2.31. The summed E-state index contributed by atoms with van der Waals surface area (Å²) in [4.78, 5) is 4.02. The number of para-hydroxylation sites is 1. The van der Waals surface area contributed by atoms with Gasteiger partial charge in [0.15, 0.2) is 0 Å². The minimum Gasteiger partial charge on any atom is -0.495 e. The summed E-state index contributed by atoms with van der Waals surface area (Å²) in [5.74, 6) is -0.227. The Balaban J connectivity index is 2.23. The van der Waals surface area contributed by atoms with Gasteiger partial charge in [-0.2, -0.15) is 0 Å². The Kier molecular flexibility index (Phi) is 3.77. The van der Waals surface area contributed by atoms with Crippen LogP contribution in [-0.4, -0.2) is 20.5 Å². The van der Waals surface area contributed by atoms with Gasteiger partial charge in [-0.1, -0.05) is 18.2 Å². The second kappa shape index (κ2) is 5.62. The molecule has 118 valence electrons. The highest BCUT2D eigenvalue weighted by atomic mass is 32.2. The van der Waals surface area contributed by atoms with Gasteiger partial charge in [0.25, 0.3) is 0 Å². The van der Waals surface area contributed by atoms with Crippen molar-refractivity contribution in [2.75, 3.05) is 7.11 Å². The van der Waals surface area contributed by atoms with E-state index in [0.717, 1.165) is 5.56 Å². The molecule has 0 amide bonds. The Bertz CT molecular complexity index is 1000. The van der Waals surface area contributed by atoms with Crippen LogP contribution in [0.1, 0.15) is 5.56 Å². The van der Waals surface area contributed by atoms with E-state index in [1.165, 1.54) is 31.5 Å². The van der Waals surface area contributed by atoms with E-state index < -0.39 is 15.7 Å². The van der Waals surface area contributed by atoms with Crippen LogP contribution < -0.4 is 4.74 Å². The van der Waals surface area contributed by atoms with Crippen molar-refractivity contribution in [1.29, 1.82) is 0 Å². The van der Waals surface area contributed by atoms with Crippen LogP contribution in [0.5, 0.6) is 5.75 Å². The van der Waals surface area contributed by atoms with Crippen LogP contribution in [0.15, 0.2) is 58.5 Å². The summed E-state index contributed by atoms with van der Waals surface area (Å²) >= 11 is 0. The number of benzene rings is 2. The Hall–Kier alpha value is -2.47. The van der Waals surface area contributed by atoms with Crippen LogP contribution in [0.3, 0.4) is 0 Å². The summed E-state index contributed by atoms with van der Waals surface area (Å²) < 4.78 is 44.6. The Labute approximate surface area is 133 Å². The van der Waals surface area contributed by atoms with Gasteiger partial charge in [-0.3, -0.25) is 4.98 Å². The zero-order valence-corrected chi connectivity index (χ0v) is 13.4. The van der Waals surface area contributed by atoms with Gasteiger partial charge in [0.2, 0.25) is 9.84 Å². The quantitative estimate of drug-likeness (QED) is 0.737. The number of fused-ring (bicyclic) bond motifs is 1. The molecule has 3 rings (SSSR count). The number of aromatic nitrogens is 1. The van der Waals surface area contributed by atoms with E-state index in [9.17, 15) is 12.8 Å².